The van der Waals surface area contributed by atoms with Crippen molar-refractivity contribution in [1.29, 1.82) is 0 Å². The smallest absolute Gasteiger partial charge is 0.546 e. The van der Waals surface area contributed by atoms with Gasteiger partial charge in [-0.05, 0) is 20.1 Å². The van der Waals surface area contributed by atoms with Gasteiger partial charge < -0.3 is 35.4 Å². The van der Waals surface area contributed by atoms with Gasteiger partial charge in [-0.15, -0.1) is 23.5 Å². The molecule has 0 aliphatic carbocycles. The third kappa shape index (κ3) is 6.31. The van der Waals surface area contributed by atoms with Crippen molar-refractivity contribution in [1.82, 2.24) is 19.6 Å². The van der Waals surface area contributed by atoms with Crippen molar-refractivity contribution in [3.8, 4) is 0 Å². The van der Waals surface area contributed by atoms with E-state index in [1.54, 1.807) is 6.26 Å². The SMILES string of the molecule is CSCON=C(C(=O)NC1C(=O)N2CC(OC(=O)CC(C)=O)(C(=O)[O-])C(C)S[C@H]12)c1nsc(N)n1.[Na+]. The van der Waals surface area contributed by atoms with Crippen LogP contribution in [0.15, 0.2) is 5.16 Å². The quantitative estimate of drug-likeness (QED) is 0.0397. The molecule has 4 atom stereocenters. The first-order valence-electron chi connectivity index (χ1n) is 9.98. The first-order chi connectivity index (χ1) is 16.5. The van der Waals surface area contributed by atoms with Crippen LogP contribution >= 0.6 is 35.1 Å². The van der Waals surface area contributed by atoms with Gasteiger partial charge in [0.15, 0.2) is 16.7 Å². The fraction of sp³-hybridized carbons (Fsp3) is 0.556. The van der Waals surface area contributed by atoms with Crippen LogP contribution in [-0.4, -0.2) is 90.5 Å². The summed E-state index contributed by atoms with van der Waals surface area (Å²) in [5.41, 5.74) is 3.15. The van der Waals surface area contributed by atoms with Gasteiger partial charge in [0.25, 0.3) is 5.91 Å². The minimum atomic E-state index is -2.15. The van der Waals surface area contributed by atoms with Gasteiger partial charge in [0.1, 0.15) is 23.6 Å². The Kier molecular flexibility index (Phi) is 10.6. The molecule has 36 heavy (non-hydrogen) atoms. The molecule has 0 radical (unpaired) electrons. The second-order valence-electron chi connectivity index (χ2n) is 7.55. The predicted molar refractivity (Wildman–Crippen MR) is 124 cm³/mol. The maximum Gasteiger partial charge on any atom is 1.00 e. The molecule has 190 valence electrons. The molecule has 0 saturated carbocycles. The summed E-state index contributed by atoms with van der Waals surface area (Å²) < 4.78 is 9.09. The van der Waals surface area contributed by atoms with E-state index < -0.39 is 64.8 Å². The number of carboxylic acids is 1. The summed E-state index contributed by atoms with van der Waals surface area (Å²) in [6.07, 6.45) is 1.15. The molecule has 2 aliphatic heterocycles. The minimum Gasteiger partial charge on any atom is -0.546 e. The second kappa shape index (κ2) is 12.6. The number of aliphatic carboxylic acids is 1. The minimum absolute atomic E-state index is 0. The first kappa shape index (κ1) is 30.3. The topological polar surface area (TPSA) is 206 Å². The first-order valence-corrected chi connectivity index (χ1v) is 13.1. The van der Waals surface area contributed by atoms with Gasteiger partial charge in [0.2, 0.25) is 17.4 Å². The molecule has 14 nitrogen and oxygen atoms in total. The number of esters is 1. The molecule has 2 aliphatic rings. The number of nitrogens with zero attached hydrogens (tertiary/aromatic N) is 4. The monoisotopic (exact) mass is 568 g/mol. The Balaban J connectivity index is 0.00000456. The largest absolute Gasteiger partial charge is 1.00 e. The Morgan fingerprint density at radius 2 is 2.08 bits per heavy atom. The number of nitrogen functional groups attached to an aromatic ring is 1. The molecule has 0 bridgehead atoms. The predicted octanol–water partition coefficient (Wildman–Crippen LogP) is -5.04. The molecule has 1 aromatic rings. The number of rotatable bonds is 10. The van der Waals surface area contributed by atoms with E-state index in [2.05, 4.69) is 19.8 Å². The van der Waals surface area contributed by atoms with Crippen LogP contribution in [0.2, 0.25) is 0 Å². The van der Waals surface area contributed by atoms with Crippen LogP contribution in [0.1, 0.15) is 26.1 Å². The van der Waals surface area contributed by atoms with Gasteiger partial charge in [0, 0.05) is 11.5 Å². The van der Waals surface area contributed by atoms with E-state index in [-0.39, 0.29) is 52.2 Å². The Hall–Kier alpha value is -1.92. The number of fused-ring (bicyclic) bond motifs is 1. The summed E-state index contributed by atoms with van der Waals surface area (Å²) >= 11 is 3.17. The molecule has 0 spiro atoms. The molecule has 3 rings (SSSR count). The van der Waals surface area contributed by atoms with Gasteiger partial charge in [-0.25, -0.2) is 0 Å². The van der Waals surface area contributed by atoms with Crippen molar-refractivity contribution in [3.05, 3.63) is 5.82 Å². The summed E-state index contributed by atoms with van der Waals surface area (Å²) in [5, 5.41) is 16.9. The van der Waals surface area contributed by atoms with Crippen LogP contribution in [0.3, 0.4) is 0 Å². The number of hydrogen-bond donors (Lipinski definition) is 2. The number of Topliss-reactive ketones (excluding diaryl/α,β-unsaturated/α-hetero) is 1. The average Bonchev–Trinajstić information content (AvgIpc) is 3.21. The maximum atomic E-state index is 12.9. The number of oxime groups is 1. The third-order valence-corrected chi connectivity index (χ3v) is 7.54. The molecule has 2 fully saturated rings. The molecule has 2 saturated heterocycles. The summed E-state index contributed by atoms with van der Waals surface area (Å²) in [7, 11) is 0. The van der Waals surface area contributed by atoms with Crippen molar-refractivity contribution in [2.75, 3.05) is 24.5 Å². The zero-order valence-electron chi connectivity index (χ0n) is 19.7. The standard InChI is InChI=1S/C18H22N6O8S3.Na/c1-7(25)4-9(26)32-18(16(29)30)5-24-14(28)11(15(24)34-8(18)2)20-13(27)10(22-31-6-33-3)12-21-17(19)35-23-12;/h8,11,15H,4-6H2,1-3H3,(H,20,27)(H,29,30)(H2,19,21,23);/q;+1/p-1/t8?,11?,15-,18?;/m1./s1. The van der Waals surface area contributed by atoms with Crippen molar-refractivity contribution in [2.24, 2.45) is 5.16 Å². The summed E-state index contributed by atoms with van der Waals surface area (Å²) in [5.74, 6) is -4.56. The average molecular weight is 569 g/mol. The van der Waals surface area contributed by atoms with Crippen LogP contribution in [0.25, 0.3) is 0 Å². The molecule has 3 unspecified atom stereocenters. The third-order valence-electron chi connectivity index (χ3n) is 5.06. The number of aromatic nitrogens is 2. The second-order valence-corrected chi connectivity index (χ2v) is 10.6. The number of β-lactam (4-membered cyclic amide) rings is 1. The Morgan fingerprint density at radius 3 is 2.64 bits per heavy atom. The number of nitrogens with one attached hydrogen (secondary N) is 1. The van der Waals surface area contributed by atoms with Crippen molar-refractivity contribution < 1.29 is 68.2 Å². The molecule has 3 N–H and O–H groups in total. The van der Waals surface area contributed by atoms with Crippen LogP contribution in [0.5, 0.6) is 0 Å². The number of ether oxygens (including phenoxy) is 1. The number of carbonyl (C=O) groups excluding carboxylic acids is 5. The van der Waals surface area contributed by atoms with E-state index in [0.717, 1.165) is 35.1 Å². The number of thioether (sulfide) groups is 2. The van der Waals surface area contributed by atoms with Gasteiger partial charge in [-0.2, -0.15) is 9.36 Å². The van der Waals surface area contributed by atoms with Crippen LogP contribution in [0, 0.1) is 0 Å². The number of anilines is 1. The molecule has 3 heterocycles. The molecular weight excluding hydrogens is 547 g/mol. The number of carboxylic acid groups (broad SMARTS) is 1. The van der Waals surface area contributed by atoms with E-state index in [1.165, 1.54) is 18.7 Å². The zero-order chi connectivity index (χ0) is 25.9. The fourth-order valence-electron chi connectivity index (χ4n) is 3.38. The van der Waals surface area contributed by atoms with Crippen LogP contribution in [0.4, 0.5) is 5.13 Å². The number of amides is 2. The fourth-order valence-corrected chi connectivity index (χ4v) is 5.49. The Morgan fingerprint density at radius 1 is 1.39 bits per heavy atom. The van der Waals surface area contributed by atoms with E-state index in [9.17, 15) is 29.1 Å². The van der Waals surface area contributed by atoms with Gasteiger partial charge in [-0.3, -0.25) is 19.2 Å². The Bertz CT molecular complexity index is 1090. The van der Waals surface area contributed by atoms with Crippen molar-refractivity contribution in [2.45, 2.75) is 42.5 Å². The molecular formula is C18H21N6NaO8S3. The van der Waals surface area contributed by atoms with E-state index in [1.807, 2.05) is 0 Å². The Labute approximate surface area is 239 Å². The summed E-state index contributed by atoms with van der Waals surface area (Å²) in [6.45, 7) is 2.16. The normalized spacial score (nSPS) is 25.1. The maximum absolute atomic E-state index is 12.9. The molecule has 18 heteroatoms. The van der Waals surface area contributed by atoms with Crippen LogP contribution < -0.4 is 45.7 Å². The summed E-state index contributed by atoms with van der Waals surface area (Å²) in [6, 6.07) is -1.02. The molecule has 0 aromatic carbocycles. The van der Waals surface area contributed by atoms with Gasteiger partial charge in [0.05, 0.1) is 17.8 Å². The van der Waals surface area contributed by atoms with E-state index >= 15 is 0 Å². The number of ketones is 1. The van der Waals surface area contributed by atoms with E-state index in [0.29, 0.717) is 0 Å². The van der Waals surface area contributed by atoms with E-state index in [4.69, 9.17) is 15.3 Å². The summed E-state index contributed by atoms with van der Waals surface area (Å²) in [4.78, 5) is 71.1. The zero-order valence-corrected chi connectivity index (χ0v) is 24.2. The van der Waals surface area contributed by atoms with Crippen molar-refractivity contribution >= 4 is 75.4 Å². The number of nitrogens with two attached hydrogens (primary N) is 1. The van der Waals surface area contributed by atoms with Crippen LogP contribution in [-0.2, 0) is 33.5 Å². The number of carbonyl (C=O) groups is 5. The molecule has 2 amide bonds. The van der Waals surface area contributed by atoms with Crippen molar-refractivity contribution in [3.63, 3.8) is 0 Å². The number of hydrogen-bond acceptors (Lipinski definition) is 15. The molecule has 1 aromatic heterocycles. The van der Waals surface area contributed by atoms with Gasteiger partial charge in [-0.1, -0.05) is 5.16 Å². The van der Waals surface area contributed by atoms with Gasteiger partial charge >= 0.3 is 35.5 Å².